The number of nitrogens with zero attached hydrogens (tertiary/aromatic N) is 1. The molecule has 0 spiro atoms. The minimum atomic E-state index is 0.0587. The van der Waals surface area contributed by atoms with Gasteiger partial charge in [-0.25, -0.2) is 0 Å². The van der Waals surface area contributed by atoms with Gasteiger partial charge in [0.05, 0.1) is 11.2 Å². The molecule has 0 aliphatic rings. The Morgan fingerprint density at radius 2 is 1.50 bits per heavy atom. The lowest BCUT2D eigenvalue weighted by atomic mass is 9.87. The summed E-state index contributed by atoms with van der Waals surface area (Å²) in [6, 6.07) is 30.2. The third-order valence-corrected chi connectivity index (χ3v) is 5.74. The Balaban J connectivity index is 1.53. The van der Waals surface area contributed by atoms with Crippen LogP contribution < -0.4 is 0 Å². The van der Waals surface area contributed by atoms with Crippen molar-refractivity contribution in [3.63, 3.8) is 0 Å². The quantitative estimate of drug-likeness (QED) is 0.345. The Kier molecular flexibility index (Phi) is 4.86. The lowest BCUT2D eigenvalue weighted by Gasteiger charge is -2.17. The largest absolute Gasteiger partial charge is 0.353 e. The number of pyridine rings is 1. The van der Waals surface area contributed by atoms with Crippen LogP contribution in [-0.2, 0) is 6.42 Å². The Hall–Kier alpha value is -3.72. The SMILES string of the molecule is O=C(CC(Cc1nccc2c1[nH]c1ccccc12)c1ccccc1)c1ccccc1. The monoisotopic (exact) mass is 390 g/mol. The lowest BCUT2D eigenvalue weighted by molar-refractivity contribution is 0.0973. The molecule has 5 aromatic rings. The van der Waals surface area contributed by atoms with Crippen LogP contribution in [0.5, 0.6) is 0 Å². The van der Waals surface area contributed by atoms with Gasteiger partial charge in [0.1, 0.15) is 0 Å². The highest BCUT2D eigenvalue weighted by Crippen LogP contribution is 2.31. The molecule has 2 aromatic heterocycles. The van der Waals surface area contributed by atoms with Crippen LogP contribution in [0, 0.1) is 0 Å². The van der Waals surface area contributed by atoms with Gasteiger partial charge in [-0.3, -0.25) is 9.78 Å². The molecule has 146 valence electrons. The fourth-order valence-corrected chi connectivity index (χ4v) is 4.22. The van der Waals surface area contributed by atoms with E-state index in [4.69, 9.17) is 4.98 Å². The number of ketones is 1. The second-order valence-corrected chi connectivity index (χ2v) is 7.66. The molecule has 3 aromatic carbocycles. The molecule has 0 saturated heterocycles. The summed E-state index contributed by atoms with van der Waals surface area (Å²) in [4.78, 5) is 21.2. The number of H-pyrrole nitrogens is 1. The third-order valence-electron chi connectivity index (χ3n) is 5.74. The number of carbonyl (C=O) groups excluding carboxylic acids is 1. The standard InChI is InChI=1S/C27H22N2O/c30-26(20-11-5-2-6-12-20)18-21(19-9-3-1-4-10-19)17-25-27-23(15-16-28-25)22-13-7-8-14-24(22)29-27/h1-16,21,29H,17-18H2. The average Bonchev–Trinajstić information content (AvgIpc) is 3.19. The molecule has 5 rings (SSSR count). The molecule has 1 N–H and O–H groups in total. The molecule has 0 bridgehead atoms. The first-order chi connectivity index (χ1) is 14.8. The topological polar surface area (TPSA) is 45.8 Å². The van der Waals surface area contributed by atoms with Gasteiger partial charge in [0.2, 0.25) is 0 Å². The lowest BCUT2D eigenvalue weighted by Crippen LogP contribution is -2.11. The predicted octanol–water partition coefficient (Wildman–Crippen LogP) is 6.32. The van der Waals surface area contributed by atoms with E-state index in [-0.39, 0.29) is 11.7 Å². The summed E-state index contributed by atoms with van der Waals surface area (Å²) < 4.78 is 0. The first kappa shape index (κ1) is 18.3. The van der Waals surface area contributed by atoms with Crippen LogP contribution in [0.2, 0.25) is 0 Å². The van der Waals surface area contributed by atoms with E-state index in [0.29, 0.717) is 12.8 Å². The van der Waals surface area contributed by atoms with Crippen LogP contribution >= 0.6 is 0 Å². The highest BCUT2D eigenvalue weighted by atomic mass is 16.1. The van der Waals surface area contributed by atoms with Gasteiger partial charge in [-0.15, -0.1) is 0 Å². The summed E-state index contributed by atoms with van der Waals surface area (Å²) in [5.74, 6) is 0.219. The maximum Gasteiger partial charge on any atom is 0.163 e. The number of nitrogens with one attached hydrogen (secondary N) is 1. The molecule has 1 atom stereocenters. The molecule has 0 aliphatic heterocycles. The first-order valence-corrected chi connectivity index (χ1v) is 10.3. The van der Waals surface area contributed by atoms with E-state index in [1.165, 1.54) is 10.8 Å². The maximum absolute atomic E-state index is 13.0. The molecule has 0 amide bonds. The average molecular weight is 390 g/mol. The van der Waals surface area contributed by atoms with Crippen LogP contribution in [0.25, 0.3) is 21.8 Å². The van der Waals surface area contributed by atoms with Crippen molar-refractivity contribution in [2.24, 2.45) is 0 Å². The van der Waals surface area contributed by atoms with Crippen molar-refractivity contribution in [3.05, 3.63) is 114 Å². The molecule has 30 heavy (non-hydrogen) atoms. The van der Waals surface area contributed by atoms with E-state index in [2.05, 4.69) is 41.4 Å². The summed E-state index contributed by atoms with van der Waals surface area (Å²) in [5, 5.41) is 2.38. The van der Waals surface area contributed by atoms with Gasteiger partial charge in [0.15, 0.2) is 5.78 Å². The molecule has 0 fully saturated rings. The van der Waals surface area contributed by atoms with Crippen molar-refractivity contribution in [3.8, 4) is 0 Å². The molecular weight excluding hydrogens is 368 g/mol. The number of hydrogen-bond donors (Lipinski definition) is 1. The molecule has 2 heterocycles. The Labute approximate surface area is 175 Å². The highest BCUT2D eigenvalue weighted by Gasteiger charge is 2.20. The molecule has 3 nitrogen and oxygen atoms in total. The van der Waals surface area contributed by atoms with Crippen LogP contribution in [-0.4, -0.2) is 15.8 Å². The van der Waals surface area contributed by atoms with E-state index in [1.807, 2.05) is 60.8 Å². The number of carbonyl (C=O) groups is 1. The first-order valence-electron chi connectivity index (χ1n) is 10.3. The number of Topliss-reactive ketones (excluding diaryl/α,β-unsaturated/α-hetero) is 1. The smallest absolute Gasteiger partial charge is 0.163 e. The molecule has 3 heteroatoms. The normalized spacial score (nSPS) is 12.3. The zero-order valence-corrected chi connectivity index (χ0v) is 16.6. The van der Waals surface area contributed by atoms with Gasteiger partial charge < -0.3 is 4.98 Å². The van der Waals surface area contributed by atoms with Crippen molar-refractivity contribution < 1.29 is 4.79 Å². The Morgan fingerprint density at radius 3 is 2.30 bits per heavy atom. The van der Waals surface area contributed by atoms with Crippen LogP contribution in [0.15, 0.2) is 97.2 Å². The van der Waals surface area contributed by atoms with Crippen LogP contribution in [0.3, 0.4) is 0 Å². The summed E-state index contributed by atoms with van der Waals surface area (Å²) >= 11 is 0. The fraction of sp³-hybridized carbons (Fsp3) is 0.111. The minimum Gasteiger partial charge on any atom is -0.353 e. The van der Waals surface area contributed by atoms with E-state index >= 15 is 0 Å². The van der Waals surface area contributed by atoms with Crippen molar-refractivity contribution in [2.75, 3.05) is 0 Å². The van der Waals surface area contributed by atoms with Crippen molar-refractivity contribution in [2.45, 2.75) is 18.8 Å². The zero-order chi connectivity index (χ0) is 20.3. The molecule has 1 unspecified atom stereocenters. The van der Waals surface area contributed by atoms with Gasteiger partial charge in [-0.2, -0.15) is 0 Å². The number of aromatic amines is 1. The number of benzene rings is 3. The predicted molar refractivity (Wildman–Crippen MR) is 122 cm³/mol. The second kappa shape index (κ2) is 7.96. The molecule has 0 radical (unpaired) electrons. The van der Waals surface area contributed by atoms with E-state index in [0.717, 1.165) is 27.9 Å². The van der Waals surface area contributed by atoms with Crippen molar-refractivity contribution in [1.82, 2.24) is 9.97 Å². The van der Waals surface area contributed by atoms with Crippen molar-refractivity contribution in [1.29, 1.82) is 0 Å². The van der Waals surface area contributed by atoms with Gasteiger partial charge in [-0.05, 0) is 30.0 Å². The fourth-order valence-electron chi connectivity index (χ4n) is 4.22. The molecular formula is C27H22N2O. The molecule has 0 saturated carbocycles. The number of aromatic nitrogens is 2. The summed E-state index contributed by atoms with van der Waals surface area (Å²) in [7, 11) is 0. The van der Waals surface area contributed by atoms with Gasteiger partial charge in [-0.1, -0.05) is 78.9 Å². The van der Waals surface area contributed by atoms with Crippen LogP contribution in [0.4, 0.5) is 0 Å². The van der Waals surface area contributed by atoms with E-state index < -0.39 is 0 Å². The van der Waals surface area contributed by atoms with Crippen molar-refractivity contribution >= 4 is 27.6 Å². The minimum absolute atomic E-state index is 0.0587. The maximum atomic E-state index is 13.0. The highest BCUT2D eigenvalue weighted by molar-refractivity contribution is 6.07. The Morgan fingerprint density at radius 1 is 0.800 bits per heavy atom. The van der Waals surface area contributed by atoms with Gasteiger partial charge in [0.25, 0.3) is 0 Å². The van der Waals surface area contributed by atoms with E-state index in [1.54, 1.807) is 0 Å². The van der Waals surface area contributed by atoms with E-state index in [9.17, 15) is 4.79 Å². The van der Waals surface area contributed by atoms with Crippen LogP contribution in [0.1, 0.15) is 34.0 Å². The van der Waals surface area contributed by atoms with Gasteiger partial charge in [0, 0.05) is 34.5 Å². The number of fused-ring (bicyclic) bond motifs is 3. The summed E-state index contributed by atoms with van der Waals surface area (Å²) in [5.41, 5.74) is 5.09. The number of para-hydroxylation sites is 1. The number of hydrogen-bond acceptors (Lipinski definition) is 2. The third kappa shape index (κ3) is 3.50. The summed E-state index contributed by atoms with van der Waals surface area (Å²) in [6.07, 6.45) is 3.03. The number of rotatable bonds is 6. The molecule has 0 aliphatic carbocycles. The second-order valence-electron chi connectivity index (χ2n) is 7.66. The van der Waals surface area contributed by atoms with Gasteiger partial charge >= 0.3 is 0 Å². The Bertz CT molecular complexity index is 1310. The summed E-state index contributed by atoms with van der Waals surface area (Å²) in [6.45, 7) is 0. The zero-order valence-electron chi connectivity index (χ0n) is 16.6.